The van der Waals surface area contributed by atoms with Crippen molar-refractivity contribution >= 4 is 45.9 Å². The van der Waals surface area contributed by atoms with E-state index in [1.54, 1.807) is 24.4 Å². The fourth-order valence-electron chi connectivity index (χ4n) is 3.01. The number of anilines is 2. The molecule has 0 atom stereocenters. The molecule has 3 aromatic carbocycles. The predicted octanol–water partition coefficient (Wildman–Crippen LogP) is 6.54. The lowest BCUT2D eigenvalue weighted by Crippen LogP contribution is -2.17. The monoisotopic (exact) mass is 488 g/mol. The highest BCUT2D eigenvalue weighted by Crippen LogP contribution is 2.28. The van der Waals surface area contributed by atoms with Gasteiger partial charge in [0.15, 0.2) is 5.13 Å². The van der Waals surface area contributed by atoms with Gasteiger partial charge in [-0.2, -0.15) is 5.10 Å². The summed E-state index contributed by atoms with van der Waals surface area (Å²) in [6.07, 6.45) is 3.22. The number of thiazole rings is 1. The van der Waals surface area contributed by atoms with E-state index in [4.69, 9.17) is 16.3 Å². The van der Waals surface area contributed by atoms with Gasteiger partial charge in [0.1, 0.15) is 12.4 Å². The number of para-hydroxylation sites is 1. The molecule has 1 heterocycles. The van der Waals surface area contributed by atoms with Crippen molar-refractivity contribution in [1.29, 1.82) is 0 Å². The van der Waals surface area contributed by atoms with E-state index < -0.39 is 0 Å². The van der Waals surface area contributed by atoms with Gasteiger partial charge in [0.05, 0.1) is 11.9 Å². The van der Waals surface area contributed by atoms with Crippen LogP contribution in [-0.4, -0.2) is 23.7 Å². The van der Waals surface area contributed by atoms with E-state index in [1.165, 1.54) is 11.3 Å². The van der Waals surface area contributed by atoms with E-state index in [0.717, 1.165) is 27.6 Å². The summed E-state index contributed by atoms with van der Waals surface area (Å²) in [4.78, 5) is 17.1. The molecular weight excluding hydrogens is 468 g/mol. The predicted molar refractivity (Wildman–Crippen MR) is 139 cm³/mol. The number of halogens is 1. The molecular formula is C26H21ClN4O2S. The zero-order valence-electron chi connectivity index (χ0n) is 18.1. The largest absolute Gasteiger partial charge is 0.489 e. The molecule has 0 spiro atoms. The van der Waals surface area contributed by atoms with Gasteiger partial charge in [-0.15, -0.1) is 11.3 Å². The molecule has 0 saturated heterocycles. The fraction of sp³-hybridized carbons (Fsp3) is 0.0385. The van der Waals surface area contributed by atoms with Gasteiger partial charge in [-0.25, -0.2) is 10.4 Å². The Balaban J connectivity index is 1.37. The SMILES string of the molecule is C=CCOc1ccccc1/C=N\NC(=O)c1ccc(-c2csc(Nc3ccc(Cl)cc3)n2)cc1. The van der Waals surface area contributed by atoms with Crippen LogP contribution in [0.3, 0.4) is 0 Å². The number of carbonyl (C=O) groups is 1. The molecule has 4 rings (SSSR count). The van der Waals surface area contributed by atoms with E-state index >= 15 is 0 Å². The lowest BCUT2D eigenvalue weighted by Gasteiger charge is -2.06. The minimum Gasteiger partial charge on any atom is -0.489 e. The van der Waals surface area contributed by atoms with Gasteiger partial charge in [0, 0.05) is 32.8 Å². The van der Waals surface area contributed by atoms with E-state index in [0.29, 0.717) is 22.9 Å². The molecule has 0 radical (unpaired) electrons. The topological polar surface area (TPSA) is 75.6 Å². The molecule has 8 heteroatoms. The van der Waals surface area contributed by atoms with E-state index in [9.17, 15) is 4.79 Å². The number of ether oxygens (including phenoxy) is 1. The molecule has 0 aliphatic carbocycles. The first kappa shape index (κ1) is 23.2. The summed E-state index contributed by atoms with van der Waals surface area (Å²) in [7, 11) is 0. The maximum atomic E-state index is 12.5. The third-order valence-corrected chi connectivity index (χ3v) is 5.70. The summed E-state index contributed by atoms with van der Waals surface area (Å²) in [5, 5.41) is 10.7. The van der Waals surface area contributed by atoms with Crippen LogP contribution >= 0.6 is 22.9 Å². The number of hydrogen-bond donors (Lipinski definition) is 2. The highest BCUT2D eigenvalue weighted by molar-refractivity contribution is 7.14. The Hall–Kier alpha value is -3.94. The third-order valence-electron chi connectivity index (χ3n) is 4.69. The second-order valence-electron chi connectivity index (χ2n) is 7.08. The number of hydrazone groups is 1. The minimum atomic E-state index is -0.310. The zero-order chi connectivity index (χ0) is 23.8. The van der Waals surface area contributed by atoms with Crippen LogP contribution in [0.4, 0.5) is 10.8 Å². The molecule has 0 bridgehead atoms. The van der Waals surface area contributed by atoms with Crippen molar-refractivity contribution in [3.63, 3.8) is 0 Å². The number of carbonyl (C=O) groups excluding carboxylic acids is 1. The number of rotatable bonds is 9. The van der Waals surface area contributed by atoms with Gasteiger partial charge >= 0.3 is 0 Å². The summed E-state index contributed by atoms with van der Waals surface area (Å²) in [6.45, 7) is 4.03. The van der Waals surface area contributed by atoms with Crippen molar-refractivity contribution in [3.8, 4) is 17.0 Å². The highest BCUT2D eigenvalue weighted by atomic mass is 35.5. The van der Waals surface area contributed by atoms with Crippen LogP contribution in [0.15, 0.2) is 95.9 Å². The molecule has 0 aliphatic rings. The Morgan fingerprint density at radius 1 is 1.09 bits per heavy atom. The Morgan fingerprint density at radius 3 is 2.62 bits per heavy atom. The summed E-state index contributed by atoms with van der Waals surface area (Å²) < 4.78 is 5.59. The maximum absolute atomic E-state index is 12.5. The van der Waals surface area contributed by atoms with Crippen LogP contribution in [0, 0.1) is 0 Å². The number of nitrogens with zero attached hydrogens (tertiary/aromatic N) is 2. The van der Waals surface area contributed by atoms with Crippen LogP contribution in [0.25, 0.3) is 11.3 Å². The van der Waals surface area contributed by atoms with Crippen molar-refractivity contribution in [2.45, 2.75) is 0 Å². The molecule has 0 unspecified atom stereocenters. The second-order valence-corrected chi connectivity index (χ2v) is 8.38. The molecule has 2 N–H and O–H groups in total. The number of benzene rings is 3. The summed E-state index contributed by atoms with van der Waals surface area (Å²) >= 11 is 7.43. The maximum Gasteiger partial charge on any atom is 0.271 e. The van der Waals surface area contributed by atoms with Gasteiger partial charge in [-0.05, 0) is 48.5 Å². The van der Waals surface area contributed by atoms with Crippen molar-refractivity contribution in [2.24, 2.45) is 5.10 Å². The Kier molecular flexibility index (Phi) is 7.70. The Labute approximate surface area is 206 Å². The highest BCUT2D eigenvalue weighted by Gasteiger charge is 2.08. The molecule has 1 aromatic heterocycles. The third kappa shape index (κ3) is 6.10. The Bertz CT molecular complexity index is 1300. The quantitative estimate of drug-likeness (QED) is 0.159. The minimum absolute atomic E-state index is 0.310. The first-order chi connectivity index (χ1) is 16.6. The van der Waals surface area contributed by atoms with Crippen LogP contribution in [0.1, 0.15) is 15.9 Å². The smallest absolute Gasteiger partial charge is 0.271 e. The van der Waals surface area contributed by atoms with Gasteiger partial charge < -0.3 is 10.1 Å². The Morgan fingerprint density at radius 2 is 1.85 bits per heavy atom. The number of amides is 1. The van der Waals surface area contributed by atoms with Crippen LogP contribution in [0.2, 0.25) is 5.02 Å². The molecule has 0 saturated carbocycles. The summed E-state index contributed by atoms with van der Waals surface area (Å²) in [5.41, 5.74) is 6.44. The van der Waals surface area contributed by atoms with Crippen molar-refractivity contribution in [3.05, 3.63) is 107 Å². The first-order valence-electron chi connectivity index (χ1n) is 10.4. The average molecular weight is 489 g/mol. The van der Waals surface area contributed by atoms with Crippen LogP contribution in [-0.2, 0) is 0 Å². The molecule has 1 amide bonds. The van der Waals surface area contributed by atoms with Gasteiger partial charge in [0.2, 0.25) is 0 Å². The molecule has 170 valence electrons. The molecule has 34 heavy (non-hydrogen) atoms. The molecule has 6 nitrogen and oxygen atoms in total. The molecule has 0 aliphatic heterocycles. The van der Waals surface area contributed by atoms with Crippen molar-refractivity contribution in [1.82, 2.24) is 10.4 Å². The van der Waals surface area contributed by atoms with Gasteiger partial charge in [0.25, 0.3) is 5.91 Å². The number of nitrogens with one attached hydrogen (secondary N) is 2. The summed E-state index contributed by atoms with van der Waals surface area (Å²) in [5.74, 6) is 0.355. The van der Waals surface area contributed by atoms with Crippen molar-refractivity contribution < 1.29 is 9.53 Å². The van der Waals surface area contributed by atoms with Crippen molar-refractivity contribution in [2.75, 3.05) is 11.9 Å². The van der Waals surface area contributed by atoms with E-state index in [1.807, 2.05) is 66.0 Å². The van der Waals surface area contributed by atoms with Gasteiger partial charge in [-0.3, -0.25) is 4.79 Å². The van der Waals surface area contributed by atoms with Crippen LogP contribution < -0.4 is 15.5 Å². The first-order valence-corrected chi connectivity index (χ1v) is 11.6. The molecule has 0 fully saturated rings. The lowest BCUT2D eigenvalue weighted by atomic mass is 10.1. The lowest BCUT2D eigenvalue weighted by molar-refractivity contribution is 0.0955. The van der Waals surface area contributed by atoms with Crippen LogP contribution in [0.5, 0.6) is 5.75 Å². The average Bonchev–Trinajstić information content (AvgIpc) is 3.33. The standard InChI is InChI=1S/C26H21ClN4O2S/c1-2-15-33-24-6-4-3-5-20(24)16-28-31-25(32)19-9-7-18(8-10-19)23-17-34-26(30-23)29-22-13-11-21(27)12-14-22/h2-14,16-17H,1,15H2,(H,29,30)(H,31,32)/b28-16-. The normalized spacial score (nSPS) is 10.7. The van der Waals surface area contributed by atoms with E-state index in [2.05, 4.69) is 27.4 Å². The number of aromatic nitrogens is 1. The second kappa shape index (κ2) is 11.3. The fourth-order valence-corrected chi connectivity index (χ4v) is 3.87. The molecule has 4 aromatic rings. The number of hydrogen-bond acceptors (Lipinski definition) is 6. The van der Waals surface area contributed by atoms with Gasteiger partial charge in [-0.1, -0.05) is 48.5 Å². The summed E-state index contributed by atoms with van der Waals surface area (Å²) in [6, 6.07) is 22.1. The zero-order valence-corrected chi connectivity index (χ0v) is 19.6. The van der Waals surface area contributed by atoms with E-state index in [-0.39, 0.29) is 5.91 Å².